The maximum absolute atomic E-state index is 11.0. The molecule has 16 heavy (non-hydrogen) atoms. The second-order valence-electron chi connectivity index (χ2n) is 4.57. The number of hydrogen-bond acceptors (Lipinski definition) is 3. The van der Waals surface area contributed by atoms with Crippen molar-refractivity contribution in [2.45, 2.75) is 32.1 Å². The second kappa shape index (κ2) is 7.63. The van der Waals surface area contributed by atoms with Gasteiger partial charge in [0.2, 0.25) is 5.91 Å². The summed E-state index contributed by atoms with van der Waals surface area (Å²) >= 11 is 0. The van der Waals surface area contributed by atoms with Crippen LogP contribution in [0.5, 0.6) is 0 Å². The van der Waals surface area contributed by atoms with Crippen molar-refractivity contribution in [3.63, 3.8) is 0 Å². The molecule has 0 aromatic rings. The van der Waals surface area contributed by atoms with Crippen LogP contribution >= 0.6 is 0 Å². The van der Waals surface area contributed by atoms with Crippen molar-refractivity contribution in [1.82, 2.24) is 4.90 Å². The predicted molar refractivity (Wildman–Crippen MR) is 64.1 cm³/mol. The van der Waals surface area contributed by atoms with Gasteiger partial charge >= 0.3 is 0 Å². The molecule has 0 saturated carbocycles. The number of carbonyl (C=O) groups is 1. The van der Waals surface area contributed by atoms with Crippen molar-refractivity contribution >= 4 is 5.91 Å². The fourth-order valence-corrected chi connectivity index (χ4v) is 2.20. The maximum atomic E-state index is 11.0. The van der Waals surface area contributed by atoms with Gasteiger partial charge in [0.05, 0.1) is 0 Å². The number of ether oxygens (including phenoxy) is 1. The molecular formula is C12H24N2O2. The zero-order chi connectivity index (χ0) is 11.8. The van der Waals surface area contributed by atoms with Gasteiger partial charge in [-0.2, -0.15) is 0 Å². The Morgan fingerprint density at radius 2 is 2.00 bits per heavy atom. The molecule has 0 aromatic heterocycles. The first-order valence-corrected chi connectivity index (χ1v) is 6.24. The molecule has 4 heteroatoms. The van der Waals surface area contributed by atoms with E-state index in [1.807, 2.05) is 0 Å². The molecule has 1 aliphatic heterocycles. The number of piperidine rings is 1. The Hall–Kier alpha value is -0.610. The molecule has 0 atom stereocenters. The van der Waals surface area contributed by atoms with Crippen LogP contribution in [0.2, 0.25) is 0 Å². The van der Waals surface area contributed by atoms with Crippen molar-refractivity contribution in [3.8, 4) is 0 Å². The summed E-state index contributed by atoms with van der Waals surface area (Å²) in [6.45, 7) is 4.06. The quantitative estimate of drug-likeness (QED) is 0.661. The molecule has 0 unspecified atom stereocenters. The molecule has 2 N–H and O–H groups in total. The van der Waals surface area contributed by atoms with Gasteiger partial charge in [0.25, 0.3) is 0 Å². The Morgan fingerprint density at radius 3 is 2.56 bits per heavy atom. The van der Waals surface area contributed by atoms with Crippen LogP contribution in [-0.4, -0.2) is 44.2 Å². The molecule has 1 saturated heterocycles. The summed E-state index contributed by atoms with van der Waals surface area (Å²) in [6.07, 6.45) is 5.48. The molecule has 1 heterocycles. The number of carbonyl (C=O) groups excluding carboxylic acids is 1. The van der Waals surface area contributed by atoms with Crippen molar-refractivity contribution < 1.29 is 9.53 Å². The number of likely N-dealkylation sites (tertiary alicyclic amines) is 1. The molecule has 0 aromatic carbocycles. The molecule has 1 rings (SSSR count). The standard InChI is InChI=1S/C12H24N2O2/c1-16-10-4-2-3-7-14-8-5-11(6-9-14)12(13)15/h11H,2-10H2,1H3,(H2,13,15). The van der Waals surface area contributed by atoms with Gasteiger partial charge in [-0.15, -0.1) is 0 Å². The summed E-state index contributed by atoms with van der Waals surface area (Å²) in [5.74, 6) is -0.00974. The summed E-state index contributed by atoms with van der Waals surface area (Å²) in [6, 6.07) is 0. The summed E-state index contributed by atoms with van der Waals surface area (Å²) < 4.78 is 5.01. The zero-order valence-electron chi connectivity index (χ0n) is 10.3. The lowest BCUT2D eigenvalue weighted by molar-refractivity contribution is -0.123. The highest BCUT2D eigenvalue weighted by atomic mass is 16.5. The number of unbranched alkanes of at least 4 members (excludes halogenated alkanes) is 2. The van der Waals surface area contributed by atoms with Crippen molar-refractivity contribution in [2.75, 3.05) is 33.4 Å². The van der Waals surface area contributed by atoms with Gasteiger partial charge in [0.15, 0.2) is 0 Å². The first kappa shape index (κ1) is 13.5. The number of rotatable bonds is 7. The first-order chi connectivity index (χ1) is 7.74. The number of nitrogens with two attached hydrogens (primary N) is 1. The van der Waals surface area contributed by atoms with E-state index >= 15 is 0 Å². The van der Waals surface area contributed by atoms with E-state index in [0.717, 1.165) is 45.5 Å². The third kappa shape index (κ3) is 4.94. The predicted octanol–water partition coefficient (Wildman–Crippen LogP) is 1.00. The number of primary amides is 1. The van der Waals surface area contributed by atoms with E-state index in [1.165, 1.54) is 12.8 Å². The lowest BCUT2D eigenvalue weighted by Gasteiger charge is -2.30. The normalized spacial score (nSPS) is 18.8. The molecule has 0 aliphatic carbocycles. The van der Waals surface area contributed by atoms with Gasteiger partial charge in [0, 0.05) is 19.6 Å². The van der Waals surface area contributed by atoms with E-state index in [9.17, 15) is 4.79 Å². The maximum Gasteiger partial charge on any atom is 0.220 e. The van der Waals surface area contributed by atoms with Crippen LogP contribution in [0.3, 0.4) is 0 Å². The van der Waals surface area contributed by atoms with Crippen LogP contribution in [0.1, 0.15) is 32.1 Å². The summed E-state index contributed by atoms with van der Waals surface area (Å²) in [4.78, 5) is 13.4. The average molecular weight is 228 g/mol. The molecule has 1 fully saturated rings. The summed E-state index contributed by atoms with van der Waals surface area (Å²) in [5, 5.41) is 0. The van der Waals surface area contributed by atoms with Gasteiger partial charge in [-0.1, -0.05) is 0 Å². The van der Waals surface area contributed by atoms with Crippen LogP contribution in [0.4, 0.5) is 0 Å². The second-order valence-corrected chi connectivity index (χ2v) is 4.57. The largest absolute Gasteiger partial charge is 0.385 e. The van der Waals surface area contributed by atoms with Crippen LogP contribution in [0, 0.1) is 5.92 Å². The highest BCUT2D eigenvalue weighted by Crippen LogP contribution is 2.16. The van der Waals surface area contributed by atoms with E-state index in [0.29, 0.717) is 0 Å². The van der Waals surface area contributed by atoms with Gasteiger partial charge < -0.3 is 15.4 Å². The Morgan fingerprint density at radius 1 is 1.31 bits per heavy atom. The van der Waals surface area contributed by atoms with Crippen LogP contribution in [-0.2, 0) is 9.53 Å². The number of nitrogens with zero attached hydrogens (tertiary/aromatic N) is 1. The minimum Gasteiger partial charge on any atom is -0.385 e. The van der Waals surface area contributed by atoms with Gasteiger partial charge in [-0.25, -0.2) is 0 Å². The SMILES string of the molecule is COCCCCCN1CCC(C(N)=O)CC1. The Bertz CT molecular complexity index is 201. The van der Waals surface area contributed by atoms with Crippen LogP contribution in [0.15, 0.2) is 0 Å². The summed E-state index contributed by atoms with van der Waals surface area (Å²) in [7, 11) is 1.74. The van der Waals surface area contributed by atoms with E-state index in [-0.39, 0.29) is 11.8 Å². The fraction of sp³-hybridized carbons (Fsp3) is 0.917. The number of methoxy groups -OCH3 is 1. The minimum absolute atomic E-state index is 0.116. The van der Waals surface area contributed by atoms with Crippen LogP contribution < -0.4 is 5.73 Å². The summed E-state index contributed by atoms with van der Waals surface area (Å²) in [5.41, 5.74) is 5.30. The van der Waals surface area contributed by atoms with Crippen molar-refractivity contribution in [2.24, 2.45) is 11.7 Å². The van der Waals surface area contributed by atoms with E-state index < -0.39 is 0 Å². The lowest BCUT2D eigenvalue weighted by atomic mass is 9.96. The van der Waals surface area contributed by atoms with Crippen molar-refractivity contribution in [1.29, 1.82) is 0 Å². The highest BCUT2D eigenvalue weighted by Gasteiger charge is 2.22. The first-order valence-electron chi connectivity index (χ1n) is 6.24. The molecule has 94 valence electrons. The van der Waals surface area contributed by atoms with Gasteiger partial charge in [-0.3, -0.25) is 4.79 Å². The molecule has 0 spiro atoms. The average Bonchev–Trinajstić information content (AvgIpc) is 2.29. The number of hydrogen-bond donors (Lipinski definition) is 1. The Balaban J connectivity index is 2.02. The number of amides is 1. The highest BCUT2D eigenvalue weighted by molar-refractivity contribution is 5.76. The van der Waals surface area contributed by atoms with Gasteiger partial charge in [0.1, 0.15) is 0 Å². The fourth-order valence-electron chi connectivity index (χ4n) is 2.20. The smallest absolute Gasteiger partial charge is 0.220 e. The topological polar surface area (TPSA) is 55.6 Å². The Labute approximate surface area is 98.1 Å². The van der Waals surface area contributed by atoms with Gasteiger partial charge in [-0.05, 0) is 51.7 Å². The third-order valence-corrected chi connectivity index (χ3v) is 3.31. The van der Waals surface area contributed by atoms with Crippen LogP contribution in [0.25, 0.3) is 0 Å². The molecular weight excluding hydrogens is 204 g/mol. The zero-order valence-corrected chi connectivity index (χ0v) is 10.3. The Kier molecular flexibility index (Phi) is 6.42. The molecule has 0 bridgehead atoms. The minimum atomic E-state index is -0.125. The monoisotopic (exact) mass is 228 g/mol. The molecule has 1 amide bonds. The molecule has 1 aliphatic rings. The van der Waals surface area contributed by atoms with E-state index in [1.54, 1.807) is 7.11 Å². The molecule has 0 radical (unpaired) electrons. The lowest BCUT2D eigenvalue weighted by Crippen LogP contribution is -2.38. The third-order valence-electron chi connectivity index (χ3n) is 3.31. The molecule has 4 nitrogen and oxygen atoms in total. The van der Waals surface area contributed by atoms with E-state index in [2.05, 4.69) is 4.90 Å². The van der Waals surface area contributed by atoms with Crippen molar-refractivity contribution in [3.05, 3.63) is 0 Å². The van der Waals surface area contributed by atoms with E-state index in [4.69, 9.17) is 10.5 Å².